The molecule has 1 atom stereocenters. The van der Waals surface area contributed by atoms with E-state index in [2.05, 4.69) is 37.9 Å². The van der Waals surface area contributed by atoms with Gasteiger partial charge in [-0.15, -0.1) is 0 Å². The Balaban J connectivity index is 1.88. The number of morpholine rings is 1. The average molecular weight is 365 g/mol. The Hall–Kier alpha value is -0.760. The highest BCUT2D eigenvalue weighted by Crippen LogP contribution is 2.24. The average Bonchev–Trinajstić information content (AvgIpc) is 2.41. The number of likely N-dealkylation sites (N-methyl/N-ethyl adjacent to an activating group) is 1. The lowest BCUT2D eigenvalue weighted by Crippen LogP contribution is -2.44. The minimum atomic E-state index is -2.82. The van der Waals surface area contributed by atoms with E-state index in [4.69, 9.17) is 4.74 Å². The molecular formula is C14H19BrF2N2O2. The molecule has 1 saturated heterocycles. The molecule has 0 radical (unpaired) electrons. The lowest BCUT2D eigenvalue weighted by Gasteiger charge is -2.30. The van der Waals surface area contributed by atoms with Crippen molar-refractivity contribution < 1.29 is 18.3 Å². The molecule has 1 aromatic rings. The zero-order chi connectivity index (χ0) is 15.2. The second kappa shape index (κ2) is 8.03. The summed E-state index contributed by atoms with van der Waals surface area (Å²) in [6.45, 7) is 0.829. The van der Waals surface area contributed by atoms with Gasteiger partial charge in [0, 0.05) is 36.2 Å². The molecule has 1 unspecified atom stereocenters. The Morgan fingerprint density at radius 1 is 1.52 bits per heavy atom. The third kappa shape index (κ3) is 5.50. The molecule has 0 saturated carbocycles. The SMILES string of the molecule is CN1CCOC(CNCc2cc(Br)ccc2OC(F)F)C1. The van der Waals surface area contributed by atoms with Crippen LogP contribution in [0.5, 0.6) is 5.75 Å². The molecule has 0 spiro atoms. The van der Waals surface area contributed by atoms with E-state index in [1.165, 1.54) is 6.07 Å². The lowest BCUT2D eigenvalue weighted by molar-refractivity contribution is -0.0506. The van der Waals surface area contributed by atoms with Crippen LogP contribution in [0.15, 0.2) is 22.7 Å². The third-order valence-electron chi connectivity index (χ3n) is 3.27. The van der Waals surface area contributed by atoms with Gasteiger partial charge in [-0.3, -0.25) is 0 Å². The molecule has 1 fully saturated rings. The number of hydrogen-bond acceptors (Lipinski definition) is 4. The van der Waals surface area contributed by atoms with Gasteiger partial charge in [-0.2, -0.15) is 8.78 Å². The van der Waals surface area contributed by atoms with Crippen LogP contribution in [0.4, 0.5) is 8.78 Å². The number of rotatable bonds is 6. The molecule has 4 nitrogen and oxygen atoms in total. The molecule has 1 N–H and O–H groups in total. The van der Waals surface area contributed by atoms with Gasteiger partial charge >= 0.3 is 6.61 Å². The maximum atomic E-state index is 12.4. The van der Waals surface area contributed by atoms with Crippen LogP contribution in [0.3, 0.4) is 0 Å². The number of hydrogen-bond donors (Lipinski definition) is 1. The highest BCUT2D eigenvalue weighted by atomic mass is 79.9. The molecule has 0 bridgehead atoms. The maximum Gasteiger partial charge on any atom is 0.387 e. The molecule has 1 heterocycles. The summed E-state index contributed by atoms with van der Waals surface area (Å²) < 4.78 is 35.7. The minimum absolute atomic E-state index is 0.121. The molecule has 1 aliphatic rings. The molecule has 21 heavy (non-hydrogen) atoms. The van der Waals surface area contributed by atoms with Gasteiger partial charge in [0.1, 0.15) is 5.75 Å². The van der Waals surface area contributed by atoms with E-state index < -0.39 is 6.61 Å². The van der Waals surface area contributed by atoms with Gasteiger partial charge in [-0.25, -0.2) is 0 Å². The molecule has 0 aliphatic carbocycles. The summed E-state index contributed by atoms with van der Waals surface area (Å²) in [5.74, 6) is 0.197. The standard InChI is InChI=1S/C14H19BrF2N2O2/c1-19-4-5-20-12(9-19)8-18-7-10-6-11(15)2-3-13(10)21-14(16)17/h2-3,6,12,14,18H,4-5,7-9H2,1H3. The van der Waals surface area contributed by atoms with Crippen molar-refractivity contribution in [1.82, 2.24) is 10.2 Å². The highest BCUT2D eigenvalue weighted by Gasteiger charge is 2.17. The zero-order valence-electron chi connectivity index (χ0n) is 11.8. The summed E-state index contributed by atoms with van der Waals surface area (Å²) >= 11 is 3.34. The molecule has 1 aliphatic heterocycles. The molecule has 1 aromatic carbocycles. The fourth-order valence-electron chi connectivity index (χ4n) is 2.26. The molecule has 2 rings (SSSR count). The quantitative estimate of drug-likeness (QED) is 0.840. The Bertz CT molecular complexity index is 463. The van der Waals surface area contributed by atoms with Crippen LogP contribution in [0.25, 0.3) is 0 Å². The number of nitrogens with one attached hydrogen (secondary N) is 1. The van der Waals surface area contributed by atoms with E-state index in [-0.39, 0.29) is 11.9 Å². The van der Waals surface area contributed by atoms with Crippen LogP contribution in [0.2, 0.25) is 0 Å². The fourth-order valence-corrected chi connectivity index (χ4v) is 2.66. The van der Waals surface area contributed by atoms with E-state index in [9.17, 15) is 8.78 Å². The van der Waals surface area contributed by atoms with Gasteiger partial charge in [-0.05, 0) is 25.2 Å². The number of benzene rings is 1. The summed E-state index contributed by atoms with van der Waals surface area (Å²) in [7, 11) is 2.05. The number of alkyl halides is 2. The minimum Gasteiger partial charge on any atom is -0.434 e. The van der Waals surface area contributed by atoms with Crippen LogP contribution < -0.4 is 10.1 Å². The topological polar surface area (TPSA) is 33.7 Å². The van der Waals surface area contributed by atoms with Crippen LogP contribution in [-0.2, 0) is 11.3 Å². The van der Waals surface area contributed by atoms with Gasteiger partial charge in [0.25, 0.3) is 0 Å². The normalized spacial score (nSPS) is 20.0. The van der Waals surface area contributed by atoms with Crippen molar-refractivity contribution in [2.45, 2.75) is 19.3 Å². The Kier molecular flexibility index (Phi) is 6.35. The molecule has 7 heteroatoms. The Morgan fingerprint density at radius 3 is 3.05 bits per heavy atom. The van der Waals surface area contributed by atoms with E-state index in [0.717, 1.165) is 24.2 Å². The predicted octanol–water partition coefficient (Wildman–Crippen LogP) is 2.47. The molecule has 0 amide bonds. The fraction of sp³-hybridized carbons (Fsp3) is 0.571. The Labute approximate surface area is 131 Å². The largest absolute Gasteiger partial charge is 0.434 e. The summed E-state index contributed by atoms with van der Waals surface area (Å²) in [5.41, 5.74) is 0.689. The van der Waals surface area contributed by atoms with Crippen molar-refractivity contribution in [2.75, 3.05) is 33.3 Å². The van der Waals surface area contributed by atoms with Gasteiger partial charge in [-0.1, -0.05) is 15.9 Å². The zero-order valence-corrected chi connectivity index (χ0v) is 13.4. The number of ether oxygens (including phenoxy) is 2. The van der Waals surface area contributed by atoms with Crippen molar-refractivity contribution >= 4 is 15.9 Å². The van der Waals surface area contributed by atoms with E-state index in [1.807, 2.05) is 0 Å². The maximum absolute atomic E-state index is 12.4. The van der Waals surface area contributed by atoms with Crippen LogP contribution in [0, 0.1) is 0 Å². The van der Waals surface area contributed by atoms with E-state index in [0.29, 0.717) is 18.7 Å². The highest BCUT2D eigenvalue weighted by molar-refractivity contribution is 9.10. The predicted molar refractivity (Wildman–Crippen MR) is 79.7 cm³/mol. The van der Waals surface area contributed by atoms with E-state index >= 15 is 0 Å². The second-order valence-corrected chi connectivity index (χ2v) is 5.93. The summed E-state index contributed by atoms with van der Waals surface area (Å²) in [6.07, 6.45) is 0.121. The van der Waals surface area contributed by atoms with Crippen LogP contribution >= 0.6 is 15.9 Å². The van der Waals surface area contributed by atoms with Gasteiger partial charge in [0.05, 0.1) is 12.7 Å². The first kappa shape index (κ1) is 16.6. The Morgan fingerprint density at radius 2 is 2.33 bits per heavy atom. The number of halogens is 3. The van der Waals surface area contributed by atoms with Crippen molar-refractivity contribution in [1.29, 1.82) is 0 Å². The van der Waals surface area contributed by atoms with Gasteiger partial charge in [0.15, 0.2) is 0 Å². The monoisotopic (exact) mass is 364 g/mol. The van der Waals surface area contributed by atoms with Crippen LogP contribution in [0.1, 0.15) is 5.56 Å². The van der Waals surface area contributed by atoms with Gasteiger partial charge < -0.3 is 19.7 Å². The van der Waals surface area contributed by atoms with Gasteiger partial charge in [0.2, 0.25) is 0 Å². The van der Waals surface area contributed by atoms with Crippen molar-refractivity contribution in [3.05, 3.63) is 28.2 Å². The summed E-state index contributed by atoms with van der Waals surface area (Å²) in [6, 6.07) is 5.00. The van der Waals surface area contributed by atoms with Crippen LogP contribution in [-0.4, -0.2) is 50.9 Å². The first-order valence-corrected chi connectivity index (χ1v) is 7.58. The summed E-state index contributed by atoms with van der Waals surface area (Å²) in [4.78, 5) is 2.21. The van der Waals surface area contributed by atoms with Crippen molar-refractivity contribution in [2.24, 2.45) is 0 Å². The number of nitrogens with zero attached hydrogens (tertiary/aromatic N) is 1. The van der Waals surface area contributed by atoms with E-state index in [1.54, 1.807) is 12.1 Å². The van der Waals surface area contributed by atoms with Crippen molar-refractivity contribution in [3.63, 3.8) is 0 Å². The smallest absolute Gasteiger partial charge is 0.387 e. The first-order chi connectivity index (χ1) is 10.0. The summed E-state index contributed by atoms with van der Waals surface area (Å²) in [5, 5.41) is 3.24. The molecule has 118 valence electrons. The molecular weight excluding hydrogens is 346 g/mol. The van der Waals surface area contributed by atoms with Crippen molar-refractivity contribution in [3.8, 4) is 5.75 Å². The first-order valence-electron chi connectivity index (χ1n) is 6.78. The second-order valence-electron chi connectivity index (χ2n) is 5.02. The molecule has 0 aromatic heterocycles. The lowest BCUT2D eigenvalue weighted by atomic mass is 10.2. The third-order valence-corrected chi connectivity index (χ3v) is 3.76.